The van der Waals surface area contributed by atoms with Gasteiger partial charge in [0.1, 0.15) is 5.82 Å². The molecular weight excluding hydrogens is 343 g/mol. The van der Waals surface area contributed by atoms with E-state index in [4.69, 9.17) is 5.11 Å². The lowest BCUT2D eigenvalue weighted by Gasteiger charge is -2.31. The van der Waals surface area contributed by atoms with Crippen molar-refractivity contribution < 1.29 is 14.3 Å². The molecule has 0 unspecified atom stereocenters. The van der Waals surface area contributed by atoms with Crippen LogP contribution in [-0.2, 0) is 0 Å². The summed E-state index contributed by atoms with van der Waals surface area (Å²) < 4.78 is 13.7. The van der Waals surface area contributed by atoms with Gasteiger partial charge in [-0.1, -0.05) is 24.3 Å². The Morgan fingerprint density at radius 3 is 2.56 bits per heavy atom. The number of halogens is 1. The maximum Gasteiger partial charge on any atom is 0.251 e. The molecule has 1 saturated heterocycles. The summed E-state index contributed by atoms with van der Waals surface area (Å²) in [6.45, 7) is 5.32. The summed E-state index contributed by atoms with van der Waals surface area (Å²) in [6.07, 6.45) is 2.08. The molecule has 4 nitrogen and oxygen atoms in total. The number of amides is 1. The molecule has 0 aromatic heterocycles. The van der Waals surface area contributed by atoms with Crippen molar-refractivity contribution in [3.63, 3.8) is 0 Å². The molecule has 1 aliphatic rings. The van der Waals surface area contributed by atoms with E-state index in [0.29, 0.717) is 23.6 Å². The van der Waals surface area contributed by atoms with Gasteiger partial charge in [0.15, 0.2) is 0 Å². The van der Waals surface area contributed by atoms with E-state index in [0.717, 1.165) is 43.6 Å². The number of carbonyl (C=O) groups excluding carboxylic acids is 1. The van der Waals surface area contributed by atoms with Gasteiger partial charge < -0.3 is 15.3 Å². The van der Waals surface area contributed by atoms with Crippen LogP contribution in [-0.4, -0.2) is 48.7 Å². The molecule has 0 aliphatic carbocycles. The number of hydrogen-bond donors (Lipinski definition) is 2. The SMILES string of the molecule is Cc1c(F)cccc1-c1ccc(C(=O)NCC2CCN(CCO)CC2)cc1. The zero-order chi connectivity index (χ0) is 19.2. The van der Waals surface area contributed by atoms with Crippen LogP contribution in [0.15, 0.2) is 42.5 Å². The van der Waals surface area contributed by atoms with Crippen LogP contribution >= 0.6 is 0 Å². The van der Waals surface area contributed by atoms with Crippen molar-refractivity contribution in [2.75, 3.05) is 32.8 Å². The predicted molar refractivity (Wildman–Crippen MR) is 105 cm³/mol. The first-order chi connectivity index (χ1) is 13.1. The molecule has 2 N–H and O–H groups in total. The van der Waals surface area contributed by atoms with Crippen LogP contribution < -0.4 is 5.32 Å². The normalized spacial score (nSPS) is 15.7. The Hall–Kier alpha value is -2.24. The molecule has 2 aromatic rings. The number of nitrogens with zero attached hydrogens (tertiary/aromatic N) is 1. The molecular formula is C22H27FN2O2. The molecule has 0 bridgehead atoms. The molecule has 3 rings (SSSR count). The highest BCUT2D eigenvalue weighted by molar-refractivity contribution is 5.94. The number of likely N-dealkylation sites (tertiary alicyclic amines) is 1. The fourth-order valence-electron chi connectivity index (χ4n) is 3.62. The lowest BCUT2D eigenvalue weighted by Crippen LogP contribution is -2.39. The van der Waals surface area contributed by atoms with Gasteiger partial charge in [0, 0.05) is 18.7 Å². The second-order valence-electron chi connectivity index (χ2n) is 7.21. The molecule has 1 aliphatic heterocycles. The Morgan fingerprint density at radius 1 is 1.19 bits per heavy atom. The van der Waals surface area contributed by atoms with Gasteiger partial charge in [0.2, 0.25) is 0 Å². The van der Waals surface area contributed by atoms with Gasteiger partial charge in [-0.25, -0.2) is 4.39 Å². The number of β-amino-alcohol motifs (C(OH)–C–C–N with tert-alkyl or cyclic N) is 1. The Morgan fingerprint density at radius 2 is 1.89 bits per heavy atom. The third-order valence-corrected chi connectivity index (χ3v) is 5.40. The van der Waals surface area contributed by atoms with E-state index in [1.165, 1.54) is 6.07 Å². The number of aliphatic hydroxyl groups excluding tert-OH is 1. The minimum atomic E-state index is -0.223. The average Bonchev–Trinajstić information content (AvgIpc) is 2.70. The zero-order valence-corrected chi connectivity index (χ0v) is 15.7. The van der Waals surface area contributed by atoms with Gasteiger partial charge in [-0.05, 0) is 73.7 Å². The summed E-state index contributed by atoms with van der Waals surface area (Å²) in [6, 6.07) is 12.3. The largest absolute Gasteiger partial charge is 0.395 e. The van der Waals surface area contributed by atoms with E-state index in [9.17, 15) is 9.18 Å². The number of benzene rings is 2. The molecule has 1 amide bonds. The molecule has 0 atom stereocenters. The van der Waals surface area contributed by atoms with Crippen LogP contribution in [0.5, 0.6) is 0 Å². The Kier molecular flexibility index (Phi) is 6.58. The van der Waals surface area contributed by atoms with E-state index < -0.39 is 0 Å². The van der Waals surface area contributed by atoms with Gasteiger partial charge >= 0.3 is 0 Å². The summed E-state index contributed by atoms with van der Waals surface area (Å²) in [5, 5.41) is 12.0. The second-order valence-corrected chi connectivity index (χ2v) is 7.21. The molecule has 0 saturated carbocycles. The maximum atomic E-state index is 13.7. The van der Waals surface area contributed by atoms with Crippen molar-refractivity contribution in [2.45, 2.75) is 19.8 Å². The minimum Gasteiger partial charge on any atom is -0.395 e. The Balaban J connectivity index is 1.54. The van der Waals surface area contributed by atoms with E-state index in [2.05, 4.69) is 10.2 Å². The summed E-state index contributed by atoms with van der Waals surface area (Å²) >= 11 is 0. The van der Waals surface area contributed by atoms with Crippen LogP contribution in [0.25, 0.3) is 11.1 Å². The molecule has 5 heteroatoms. The lowest BCUT2D eigenvalue weighted by atomic mass is 9.96. The number of aliphatic hydroxyl groups is 1. The maximum absolute atomic E-state index is 13.7. The monoisotopic (exact) mass is 370 g/mol. The topological polar surface area (TPSA) is 52.6 Å². The molecule has 1 fully saturated rings. The average molecular weight is 370 g/mol. The number of rotatable bonds is 6. The van der Waals surface area contributed by atoms with Crippen LogP contribution in [0.3, 0.4) is 0 Å². The second kappa shape index (κ2) is 9.11. The quantitative estimate of drug-likeness (QED) is 0.821. The molecule has 2 aromatic carbocycles. The summed E-state index contributed by atoms with van der Waals surface area (Å²) in [4.78, 5) is 14.7. The third kappa shape index (κ3) is 4.93. The van der Waals surface area contributed by atoms with E-state index in [1.54, 1.807) is 25.1 Å². The van der Waals surface area contributed by atoms with Crippen molar-refractivity contribution in [3.8, 4) is 11.1 Å². The molecule has 27 heavy (non-hydrogen) atoms. The first kappa shape index (κ1) is 19.5. The van der Waals surface area contributed by atoms with E-state index >= 15 is 0 Å². The van der Waals surface area contributed by atoms with Gasteiger partial charge in [-0.15, -0.1) is 0 Å². The van der Waals surface area contributed by atoms with E-state index in [1.807, 2.05) is 18.2 Å². The van der Waals surface area contributed by atoms with Gasteiger partial charge in [-0.2, -0.15) is 0 Å². The van der Waals surface area contributed by atoms with Crippen molar-refractivity contribution >= 4 is 5.91 Å². The highest BCUT2D eigenvalue weighted by atomic mass is 19.1. The van der Waals surface area contributed by atoms with Crippen molar-refractivity contribution in [1.82, 2.24) is 10.2 Å². The molecule has 0 spiro atoms. The Bertz CT molecular complexity index is 768. The van der Waals surface area contributed by atoms with Crippen LogP contribution in [0.1, 0.15) is 28.8 Å². The van der Waals surface area contributed by atoms with E-state index in [-0.39, 0.29) is 18.3 Å². The number of hydrogen-bond acceptors (Lipinski definition) is 3. The highest BCUT2D eigenvalue weighted by Crippen LogP contribution is 2.25. The smallest absolute Gasteiger partial charge is 0.251 e. The molecule has 1 heterocycles. The van der Waals surface area contributed by atoms with Crippen LogP contribution in [0.4, 0.5) is 4.39 Å². The minimum absolute atomic E-state index is 0.0738. The number of nitrogens with one attached hydrogen (secondary N) is 1. The van der Waals surface area contributed by atoms with Gasteiger partial charge in [0.05, 0.1) is 6.61 Å². The summed E-state index contributed by atoms with van der Waals surface area (Å²) in [7, 11) is 0. The summed E-state index contributed by atoms with van der Waals surface area (Å²) in [5.74, 6) is 0.188. The highest BCUT2D eigenvalue weighted by Gasteiger charge is 2.19. The zero-order valence-electron chi connectivity index (χ0n) is 15.7. The van der Waals surface area contributed by atoms with Crippen molar-refractivity contribution in [1.29, 1.82) is 0 Å². The number of piperidine rings is 1. The lowest BCUT2D eigenvalue weighted by molar-refractivity contribution is 0.0933. The molecule has 0 radical (unpaired) electrons. The Labute approximate surface area is 160 Å². The molecule has 144 valence electrons. The predicted octanol–water partition coefficient (Wildman–Crippen LogP) is 3.24. The fraction of sp³-hybridized carbons (Fsp3) is 0.409. The third-order valence-electron chi connectivity index (χ3n) is 5.40. The van der Waals surface area contributed by atoms with Crippen molar-refractivity contribution in [3.05, 3.63) is 59.4 Å². The fourth-order valence-corrected chi connectivity index (χ4v) is 3.62. The first-order valence-corrected chi connectivity index (χ1v) is 9.55. The van der Waals surface area contributed by atoms with Crippen molar-refractivity contribution in [2.24, 2.45) is 5.92 Å². The van der Waals surface area contributed by atoms with Gasteiger partial charge in [0.25, 0.3) is 5.91 Å². The number of carbonyl (C=O) groups is 1. The first-order valence-electron chi connectivity index (χ1n) is 9.55. The summed E-state index contributed by atoms with van der Waals surface area (Å²) in [5.41, 5.74) is 2.98. The van der Waals surface area contributed by atoms with Gasteiger partial charge in [-0.3, -0.25) is 4.79 Å². The standard InChI is InChI=1S/C22H27FN2O2/c1-16-20(3-2-4-21(16)23)18-5-7-19(8-6-18)22(27)24-15-17-9-11-25(12-10-17)13-14-26/h2-8,17,26H,9-15H2,1H3,(H,24,27). The van der Waals surface area contributed by atoms with Crippen LogP contribution in [0, 0.1) is 18.7 Å². The van der Waals surface area contributed by atoms with Crippen LogP contribution in [0.2, 0.25) is 0 Å².